The van der Waals surface area contributed by atoms with Gasteiger partial charge < -0.3 is 0 Å². The van der Waals surface area contributed by atoms with E-state index in [1.807, 2.05) is 6.92 Å². The molecule has 0 amide bonds. The van der Waals surface area contributed by atoms with Gasteiger partial charge in [-0.05, 0) is 13.3 Å². The molecule has 0 saturated carbocycles. The van der Waals surface area contributed by atoms with E-state index in [1.54, 1.807) is 0 Å². The van der Waals surface area contributed by atoms with Crippen molar-refractivity contribution < 1.29 is 0 Å². The summed E-state index contributed by atoms with van der Waals surface area (Å²) in [5.74, 6) is 2.65. The Balaban J connectivity index is 3.47. The van der Waals surface area contributed by atoms with Gasteiger partial charge in [-0.25, -0.2) is 0 Å². The Morgan fingerprint density at radius 1 is 1.80 bits per heavy atom. The highest BCUT2D eigenvalue weighted by Crippen LogP contribution is 1.89. The van der Waals surface area contributed by atoms with Gasteiger partial charge in [0.05, 0.1) is 6.04 Å². The summed E-state index contributed by atoms with van der Waals surface area (Å²) in [4.78, 5) is 0. The summed E-state index contributed by atoms with van der Waals surface area (Å²) in [6.45, 7) is 8.63. The maximum Gasteiger partial charge on any atom is 0.0686 e. The molecule has 10 heavy (non-hydrogen) atoms. The molecule has 0 aromatic carbocycles. The maximum atomic E-state index is 5.23. The molecule has 0 fully saturated rings. The molecule has 0 heterocycles. The molecule has 0 aliphatic heterocycles. The van der Waals surface area contributed by atoms with Crippen LogP contribution in [0.5, 0.6) is 0 Å². The third-order valence-electron chi connectivity index (χ3n) is 1.26. The first-order valence-corrected chi connectivity index (χ1v) is 3.54. The van der Waals surface area contributed by atoms with Gasteiger partial charge in [-0.15, -0.1) is 6.42 Å². The summed E-state index contributed by atoms with van der Waals surface area (Å²) in [5.41, 5.74) is 1.12. The number of terminal acetylenes is 1. The standard InChI is InChI=1S/C9H15N/c1-5-9(6-2)10-7-8(3)4/h1,9-10H,3,6-7H2,2,4H3. The zero-order valence-corrected chi connectivity index (χ0v) is 6.78. The minimum atomic E-state index is 0.205. The van der Waals surface area contributed by atoms with Crippen molar-refractivity contribution in [3.63, 3.8) is 0 Å². The molecule has 1 unspecified atom stereocenters. The molecule has 1 heteroatoms. The van der Waals surface area contributed by atoms with E-state index < -0.39 is 0 Å². The van der Waals surface area contributed by atoms with E-state index in [0.29, 0.717) is 0 Å². The second-order valence-electron chi connectivity index (χ2n) is 2.47. The molecule has 0 aliphatic rings. The lowest BCUT2D eigenvalue weighted by atomic mass is 10.2. The topological polar surface area (TPSA) is 12.0 Å². The Morgan fingerprint density at radius 2 is 2.40 bits per heavy atom. The van der Waals surface area contributed by atoms with E-state index in [4.69, 9.17) is 6.42 Å². The van der Waals surface area contributed by atoms with Gasteiger partial charge in [0.1, 0.15) is 0 Å². The normalized spacial score (nSPS) is 12.1. The zero-order valence-electron chi connectivity index (χ0n) is 6.78. The van der Waals surface area contributed by atoms with E-state index in [-0.39, 0.29) is 6.04 Å². The van der Waals surface area contributed by atoms with Crippen LogP contribution in [0.25, 0.3) is 0 Å². The number of hydrogen-bond donors (Lipinski definition) is 1. The molecular weight excluding hydrogens is 122 g/mol. The van der Waals surface area contributed by atoms with E-state index in [2.05, 4.69) is 24.7 Å². The number of hydrogen-bond acceptors (Lipinski definition) is 1. The fourth-order valence-corrected chi connectivity index (χ4v) is 0.619. The summed E-state index contributed by atoms with van der Waals surface area (Å²) in [6.07, 6.45) is 6.20. The average molecular weight is 137 g/mol. The lowest BCUT2D eigenvalue weighted by molar-refractivity contribution is 0.624. The third kappa shape index (κ3) is 4.17. The minimum Gasteiger partial charge on any atom is -0.300 e. The first-order valence-electron chi connectivity index (χ1n) is 3.54. The van der Waals surface area contributed by atoms with Crippen LogP contribution in [0.2, 0.25) is 0 Å². The van der Waals surface area contributed by atoms with E-state index in [9.17, 15) is 0 Å². The van der Waals surface area contributed by atoms with Gasteiger partial charge in [0.15, 0.2) is 0 Å². The Labute approximate surface area is 63.5 Å². The highest BCUT2D eigenvalue weighted by Gasteiger charge is 1.97. The first kappa shape index (κ1) is 9.26. The summed E-state index contributed by atoms with van der Waals surface area (Å²) in [6, 6.07) is 0.205. The highest BCUT2D eigenvalue weighted by molar-refractivity contribution is 5.01. The van der Waals surface area contributed by atoms with Crippen LogP contribution in [0.3, 0.4) is 0 Å². The van der Waals surface area contributed by atoms with Crippen molar-refractivity contribution in [3.8, 4) is 12.3 Å². The molecule has 56 valence electrons. The van der Waals surface area contributed by atoms with Crippen molar-refractivity contribution in [2.75, 3.05) is 6.54 Å². The molecule has 0 aromatic rings. The summed E-state index contributed by atoms with van der Waals surface area (Å²) < 4.78 is 0. The van der Waals surface area contributed by atoms with Crippen molar-refractivity contribution in [1.82, 2.24) is 5.32 Å². The zero-order chi connectivity index (χ0) is 7.98. The van der Waals surface area contributed by atoms with Gasteiger partial charge in [0.2, 0.25) is 0 Å². The Bertz CT molecular complexity index is 141. The Kier molecular flexibility index (Phi) is 4.70. The number of rotatable bonds is 4. The van der Waals surface area contributed by atoms with E-state index >= 15 is 0 Å². The van der Waals surface area contributed by atoms with Crippen molar-refractivity contribution in [2.24, 2.45) is 0 Å². The van der Waals surface area contributed by atoms with Crippen LogP contribution in [0.15, 0.2) is 12.2 Å². The Morgan fingerprint density at radius 3 is 2.70 bits per heavy atom. The van der Waals surface area contributed by atoms with Crippen LogP contribution in [-0.4, -0.2) is 12.6 Å². The summed E-state index contributed by atoms with van der Waals surface area (Å²) >= 11 is 0. The Hall–Kier alpha value is -0.740. The van der Waals surface area contributed by atoms with Gasteiger partial charge in [-0.2, -0.15) is 0 Å². The number of nitrogens with one attached hydrogen (secondary N) is 1. The molecule has 0 rings (SSSR count). The molecule has 0 spiro atoms. The monoisotopic (exact) mass is 137 g/mol. The average Bonchev–Trinajstić information content (AvgIpc) is 1.90. The van der Waals surface area contributed by atoms with Gasteiger partial charge in [-0.3, -0.25) is 5.32 Å². The fraction of sp³-hybridized carbons (Fsp3) is 0.556. The van der Waals surface area contributed by atoms with Gasteiger partial charge in [-0.1, -0.05) is 25.0 Å². The molecule has 1 atom stereocenters. The molecule has 0 radical (unpaired) electrons. The smallest absolute Gasteiger partial charge is 0.0686 e. The lowest BCUT2D eigenvalue weighted by Gasteiger charge is -2.09. The lowest BCUT2D eigenvalue weighted by Crippen LogP contribution is -2.27. The third-order valence-corrected chi connectivity index (χ3v) is 1.26. The maximum absolute atomic E-state index is 5.23. The first-order chi connectivity index (χ1) is 4.70. The van der Waals surface area contributed by atoms with Crippen LogP contribution < -0.4 is 5.32 Å². The quantitative estimate of drug-likeness (QED) is 0.458. The van der Waals surface area contributed by atoms with Crippen LogP contribution in [0.4, 0.5) is 0 Å². The summed E-state index contributed by atoms with van der Waals surface area (Å²) in [7, 11) is 0. The molecule has 0 saturated heterocycles. The van der Waals surface area contributed by atoms with Crippen molar-refractivity contribution in [3.05, 3.63) is 12.2 Å². The summed E-state index contributed by atoms with van der Waals surface area (Å²) in [5, 5.41) is 3.18. The second kappa shape index (κ2) is 5.08. The fourth-order valence-electron chi connectivity index (χ4n) is 0.619. The van der Waals surface area contributed by atoms with Gasteiger partial charge >= 0.3 is 0 Å². The van der Waals surface area contributed by atoms with Crippen molar-refractivity contribution in [1.29, 1.82) is 0 Å². The molecule has 0 bridgehead atoms. The van der Waals surface area contributed by atoms with Gasteiger partial charge in [0, 0.05) is 6.54 Å². The molecule has 1 N–H and O–H groups in total. The van der Waals surface area contributed by atoms with E-state index in [0.717, 1.165) is 18.5 Å². The van der Waals surface area contributed by atoms with E-state index in [1.165, 1.54) is 0 Å². The highest BCUT2D eigenvalue weighted by atomic mass is 14.9. The van der Waals surface area contributed by atoms with Crippen molar-refractivity contribution in [2.45, 2.75) is 26.3 Å². The SMILES string of the molecule is C#CC(CC)NCC(=C)C. The van der Waals surface area contributed by atoms with Crippen LogP contribution in [0.1, 0.15) is 20.3 Å². The van der Waals surface area contributed by atoms with Gasteiger partial charge in [0.25, 0.3) is 0 Å². The largest absolute Gasteiger partial charge is 0.300 e. The molecule has 0 aromatic heterocycles. The molecule has 1 nitrogen and oxygen atoms in total. The second-order valence-corrected chi connectivity index (χ2v) is 2.47. The molecular formula is C9H15N. The molecule has 0 aliphatic carbocycles. The minimum absolute atomic E-state index is 0.205. The predicted octanol–water partition coefficient (Wildman–Crippen LogP) is 1.56. The van der Waals surface area contributed by atoms with Crippen LogP contribution in [-0.2, 0) is 0 Å². The predicted molar refractivity (Wildman–Crippen MR) is 45.7 cm³/mol. The van der Waals surface area contributed by atoms with Crippen LogP contribution >= 0.6 is 0 Å². The van der Waals surface area contributed by atoms with Crippen LogP contribution in [0, 0.1) is 12.3 Å². The van der Waals surface area contributed by atoms with Crippen molar-refractivity contribution >= 4 is 0 Å².